The third-order valence-corrected chi connectivity index (χ3v) is 3.55. The Kier molecular flexibility index (Phi) is 6.39. The van der Waals surface area contributed by atoms with Crippen LogP contribution in [0.15, 0.2) is 48.5 Å². The first-order valence-electron chi connectivity index (χ1n) is 7.93. The molecular formula is C19H22N2O4. The Morgan fingerprint density at radius 3 is 2.16 bits per heavy atom. The van der Waals surface area contributed by atoms with Crippen LogP contribution in [0.3, 0.4) is 0 Å². The second kappa shape index (κ2) is 8.73. The number of hydrazine groups is 1. The van der Waals surface area contributed by atoms with Crippen molar-refractivity contribution in [1.82, 2.24) is 10.9 Å². The van der Waals surface area contributed by atoms with E-state index in [1.807, 2.05) is 19.1 Å². The van der Waals surface area contributed by atoms with Crippen LogP contribution in [-0.2, 0) is 16.0 Å². The van der Waals surface area contributed by atoms with Crippen molar-refractivity contribution in [1.29, 1.82) is 0 Å². The normalized spacial score (nSPS) is 11.3. The standard InChI is InChI=1S/C19H22N2O4/c1-13-4-8-17(9-5-13)25-14(2)19(23)21-20-18(22)12-15-6-10-16(24-3)11-7-15/h4-11,14H,12H2,1-3H3,(H,20,22)(H,21,23)/t14-/m0/s1. The van der Waals surface area contributed by atoms with Crippen LogP contribution in [0, 0.1) is 6.92 Å². The van der Waals surface area contributed by atoms with Crippen LogP contribution in [0.2, 0.25) is 0 Å². The van der Waals surface area contributed by atoms with Crippen molar-refractivity contribution < 1.29 is 19.1 Å². The molecule has 2 N–H and O–H groups in total. The first kappa shape index (κ1) is 18.3. The number of aryl methyl sites for hydroxylation is 1. The first-order chi connectivity index (χ1) is 12.0. The number of carbonyl (C=O) groups excluding carboxylic acids is 2. The topological polar surface area (TPSA) is 76.7 Å². The molecule has 0 spiro atoms. The molecule has 25 heavy (non-hydrogen) atoms. The molecule has 2 rings (SSSR count). The van der Waals surface area contributed by atoms with Crippen LogP contribution in [0.5, 0.6) is 11.5 Å². The summed E-state index contributed by atoms with van der Waals surface area (Å²) in [6.07, 6.45) is -0.582. The van der Waals surface area contributed by atoms with Crippen molar-refractivity contribution in [2.45, 2.75) is 26.4 Å². The molecule has 0 aliphatic rings. The van der Waals surface area contributed by atoms with Crippen LogP contribution < -0.4 is 20.3 Å². The molecule has 0 fully saturated rings. The van der Waals surface area contributed by atoms with E-state index in [0.717, 1.165) is 16.9 Å². The van der Waals surface area contributed by atoms with E-state index < -0.39 is 12.0 Å². The summed E-state index contributed by atoms with van der Waals surface area (Å²) in [4.78, 5) is 23.9. The number of ether oxygens (including phenoxy) is 2. The van der Waals surface area contributed by atoms with Gasteiger partial charge >= 0.3 is 0 Å². The fraction of sp³-hybridized carbons (Fsp3) is 0.263. The molecule has 0 radical (unpaired) electrons. The third-order valence-electron chi connectivity index (χ3n) is 3.55. The highest BCUT2D eigenvalue weighted by Gasteiger charge is 2.15. The Morgan fingerprint density at radius 2 is 1.56 bits per heavy atom. The van der Waals surface area contributed by atoms with Gasteiger partial charge < -0.3 is 9.47 Å². The van der Waals surface area contributed by atoms with Gasteiger partial charge in [0, 0.05) is 0 Å². The van der Waals surface area contributed by atoms with Crippen molar-refractivity contribution in [3.05, 3.63) is 59.7 Å². The van der Waals surface area contributed by atoms with Gasteiger partial charge in [-0.15, -0.1) is 0 Å². The second-order valence-electron chi connectivity index (χ2n) is 5.64. The molecular weight excluding hydrogens is 320 g/mol. The summed E-state index contributed by atoms with van der Waals surface area (Å²) in [5, 5.41) is 0. The highest BCUT2D eigenvalue weighted by molar-refractivity contribution is 5.85. The number of benzene rings is 2. The Bertz CT molecular complexity index is 711. The van der Waals surface area contributed by atoms with Gasteiger partial charge in [0.25, 0.3) is 5.91 Å². The van der Waals surface area contributed by atoms with E-state index in [1.165, 1.54) is 0 Å². The number of carbonyl (C=O) groups is 2. The molecule has 0 aliphatic carbocycles. The molecule has 0 saturated heterocycles. The molecule has 0 heterocycles. The second-order valence-corrected chi connectivity index (χ2v) is 5.64. The number of hydrogen-bond acceptors (Lipinski definition) is 4. The summed E-state index contributed by atoms with van der Waals surface area (Å²) >= 11 is 0. The Labute approximate surface area is 147 Å². The van der Waals surface area contributed by atoms with E-state index in [9.17, 15) is 9.59 Å². The Morgan fingerprint density at radius 1 is 0.960 bits per heavy atom. The van der Waals surface area contributed by atoms with Gasteiger partial charge in [-0.1, -0.05) is 29.8 Å². The minimum absolute atomic E-state index is 0.150. The van der Waals surface area contributed by atoms with Crippen LogP contribution >= 0.6 is 0 Å². The highest BCUT2D eigenvalue weighted by atomic mass is 16.5. The fourth-order valence-electron chi connectivity index (χ4n) is 2.08. The summed E-state index contributed by atoms with van der Waals surface area (Å²) in [5.74, 6) is 0.571. The van der Waals surface area contributed by atoms with E-state index >= 15 is 0 Å². The van der Waals surface area contributed by atoms with Crippen molar-refractivity contribution in [2.24, 2.45) is 0 Å². The summed E-state index contributed by atoms with van der Waals surface area (Å²) < 4.78 is 10.6. The van der Waals surface area contributed by atoms with Gasteiger partial charge in [-0.05, 0) is 43.7 Å². The smallest absolute Gasteiger partial charge is 0.279 e. The minimum atomic E-state index is -0.732. The first-order valence-corrected chi connectivity index (χ1v) is 7.93. The fourth-order valence-corrected chi connectivity index (χ4v) is 2.08. The monoisotopic (exact) mass is 342 g/mol. The summed E-state index contributed by atoms with van der Waals surface area (Å²) in [5.41, 5.74) is 6.68. The highest BCUT2D eigenvalue weighted by Crippen LogP contribution is 2.13. The zero-order valence-electron chi connectivity index (χ0n) is 14.5. The van der Waals surface area contributed by atoms with Crippen molar-refractivity contribution in [2.75, 3.05) is 7.11 Å². The van der Waals surface area contributed by atoms with Crippen LogP contribution in [-0.4, -0.2) is 25.0 Å². The van der Waals surface area contributed by atoms with E-state index in [1.54, 1.807) is 50.4 Å². The number of nitrogens with one attached hydrogen (secondary N) is 2. The van der Waals surface area contributed by atoms with Crippen LogP contribution in [0.25, 0.3) is 0 Å². The maximum atomic E-state index is 12.0. The lowest BCUT2D eigenvalue weighted by Crippen LogP contribution is -2.47. The third kappa shape index (κ3) is 5.84. The molecule has 0 aromatic heterocycles. The molecule has 0 unspecified atom stereocenters. The van der Waals surface area contributed by atoms with Gasteiger partial charge in [0.1, 0.15) is 11.5 Å². The Balaban J connectivity index is 1.77. The quantitative estimate of drug-likeness (QED) is 0.789. The Hall–Kier alpha value is -3.02. The van der Waals surface area contributed by atoms with Crippen LogP contribution in [0.1, 0.15) is 18.1 Å². The number of amides is 2. The molecule has 0 aliphatic heterocycles. The molecule has 2 aromatic carbocycles. The largest absolute Gasteiger partial charge is 0.497 e. The molecule has 2 amide bonds. The lowest BCUT2D eigenvalue weighted by Gasteiger charge is -2.15. The predicted octanol–water partition coefficient (Wildman–Crippen LogP) is 2.16. The van der Waals surface area contributed by atoms with Gasteiger partial charge in [-0.3, -0.25) is 20.4 Å². The lowest BCUT2D eigenvalue weighted by molar-refractivity contribution is -0.132. The number of rotatable bonds is 6. The lowest BCUT2D eigenvalue weighted by atomic mass is 10.1. The van der Waals surface area contributed by atoms with Crippen LogP contribution in [0.4, 0.5) is 0 Å². The molecule has 6 heteroatoms. The maximum Gasteiger partial charge on any atom is 0.279 e. The van der Waals surface area contributed by atoms with E-state index in [4.69, 9.17) is 9.47 Å². The maximum absolute atomic E-state index is 12.0. The minimum Gasteiger partial charge on any atom is -0.497 e. The van der Waals surface area contributed by atoms with Crippen molar-refractivity contribution in [3.8, 4) is 11.5 Å². The van der Waals surface area contributed by atoms with Gasteiger partial charge in [0.05, 0.1) is 13.5 Å². The van der Waals surface area contributed by atoms with Gasteiger partial charge in [0.2, 0.25) is 5.91 Å². The van der Waals surface area contributed by atoms with Gasteiger partial charge in [-0.2, -0.15) is 0 Å². The van der Waals surface area contributed by atoms with Crippen molar-refractivity contribution in [3.63, 3.8) is 0 Å². The number of methoxy groups -OCH3 is 1. The summed E-state index contributed by atoms with van der Waals surface area (Å²) in [7, 11) is 1.58. The zero-order chi connectivity index (χ0) is 18.2. The molecule has 6 nitrogen and oxygen atoms in total. The van der Waals surface area contributed by atoms with Gasteiger partial charge in [0.15, 0.2) is 6.10 Å². The number of hydrogen-bond donors (Lipinski definition) is 2. The van der Waals surface area contributed by atoms with Crippen molar-refractivity contribution >= 4 is 11.8 Å². The van der Waals surface area contributed by atoms with E-state index in [2.05, 4.69) is 10.9 Å². The zero-order valence-corrected chi connectivity index (χ0v) is 14.5. The summed E-state index contributed by atoms with van der Waals surface area (Å²) in [6, 6.07) is 14.5. The van der Waals surface area contributed by atoms with E-state index in [0.29, 0.717) is 5.75 Å². The van der Waals surface area contributed by atoms with E-state index in [-0.39, 0.29) is 12.3 Å². The SMILES string of the molecule is COc1ccc(CC(=O)NNC(=O)[C@H](C)Oc2ccc(C)cc2)cc1. The molecule has 132 valence electrons. The molecule has 2 aromatic rings. The van der Waals surface area contributed by atoms with Gasteiger partial charge in [-0.25, -0.2) is 0 Å². The molecule has 0 bridgehead atoms. The predicted molar refractivity (Wildman–Crippen MR) is 94.3 cm³/mol. The average Bonchev–Trinajstić information content (AvgIpc) is 2.62. The molecule has 0 saturated carbocycles. The summed E-state index contributed by atoms with van der Waals surface area (Å²) in [6.45, 7) is 3.59. The molecule has 1 atom stereocenters. The average molecular weight is 342 g/mol.